The van der Waals surface area contributed by atoms with Crippen LogP contribution in [-0.4, -0.2) is 76.0 Å². The van der Waals surface area contributed by atoms with Crippen LogP contribution in [0.15, 0.2) is 47.4 Å². The lowest BCUT2D eigenvalue weighted by Gasteiger charge is -2.41. The molecule has 0 aromatic heterocycles. The van der Waals surface area contributed by atoms with E-state index in [1.807, 2.05) is 25.1 Å². The Kier molecular flexibility index (Phi) is 9.33. The minimum absolute atomic E-state index is 0.00947. The Morgan fingerprint density at radius 2 is 2.03 bits per heavy atom. The first kappa shape index (κ1) is 26.7. The van der Waals surface area contributed by atoms with Gasteiger partial charge in [0.2, 0.25) is 10.6 Å². The van der Waals surface area contributed by atoms with Gasteiger partial charge in [0, 0.05) is 78.3 Å². The van der Waals surface area contributed by atoms with Crippen molar-refractivity contribution in [2.45, 2.75) is 24.3 Å². The van der Waals surface area contributed by atoms with Crippen LogP contribution in [0.4, 0.5) is 11.4 Å². The van der Waals surface area contributed by atoms with Crippen molar-refractivity contribution >= 4 is 46.0 Å². The average Bonchev–Trinajstić information content (AvgIpc) is 2.83. The van der Waals surface area contributed by atoms with Gasteiger partial charge in [0.25, 0.3) is 5.91 Å². The molecular formula is C23H26ClN3O7S. The number of hydrogen-bond donors (Lipinski definition) is 1. The average molecular weight is 524 g/mol. The number of aliphatic hydroxyl groups excluding tert-OH is 1. The van der Waals surface area contributed by atoms with E-state index >= 15 is 0 Å². The van der Waals surface area contributed by atoms with Gasteiger partial charge in [-0.25, -0.2) is 4.79 Å². The Balaban J connectivity index is 1.70. The topological polar surface area (TPSA) is 136 Å². The summed E-state index contributed by atoms with van der Waals surface area (Å²) in [5, 5.41) is 21.0. The molecule has 0 radical (unpaired) electrons. The van der Waals surface area contributed by atoms with E-state index in [1.54, 1.807) is 11.0 Å². The summed E-state index contributed by atoms with van der Waals surface area (Å²) in [6.07, 6.45) is 0.237. The van der Waals surface area contributed by atoms with E-state index in [0.717, 1.165) is 11.8 Å². The molecule has 0 aliphatic carbocycles. The molecule has 1 aliphatic rings. The molecular weight excluding hydrogens is 498 g/mol. The number of esters is 1. The largest absolute Gasteiger partial charge is 0.611 e. The van der Waals surface area contributed by atoms with E-state index in [2.05, 4.69) is 4.90 Å². The number of ether oxygens (including phenoxy) is 1. The van der Waals surface area contributed by atoms with Crippen LogP contribution in [0.25, 0.3) is 0 Å². The van der Waals surface area contributed by atoms with Crippen LogP contribution in [0.1, 0.15) is 23.7 Å². The van der Waals surface area contributed by atoms with E-state index in [4.69, 9.17) is 21.4 Å². The van der Waals surface area contributed by atoms with Crippen molar-refractivity contribution in [1.82, 2.24) is 4.90 Å². The van der Waals surface area contributed by atoms with Gasteiger partial charge in [-0.1, -0.05) is 17.7 Å². The summed E-state index contributed by atoms with van der Waals surface area (Å²) in [6.45, 7) is 3.17. The first-order valence-corrected chi connectivity index (χ1v) is 12.7. The maximum Gasteiger partial charge on any atom is 0.356 e. The molecule has 2 atom stereocenters. The summed E-state index contributed by atoms with van der Waals surface area (Å²) in [5.41, 5.74) is 0.559. The maximum atomic E-state index is 13.1. The Morgan fingerprint density at radius 3 is 2.69 bits per heavy atom. The highest BCUT2D eigenvalue weighted by atomic mass is 35.5. The summed E-state index contributed by atoms with van der Waals surface area (Å²) in [6, 6.07) is 11.2. The Bertz CT molecular complexity index is 1090. The minimum atomic E-state index is -2.03. The number of halogens is 1. The molecule has 35 heavy (non-hydrogen) atoms. The quantitative estimate of drug-likeness (QED) is 0.174. The van der Waals surface area contributed by atoms with Crippen molar-refractivity contribution in [3.05, 3.63) is 63.2 Å². The van der Waals surface area contributed by atoms with Crippen molar-refractivity contribution < 1.29 is 28.9 Å². The number of anilines is 1. The van der Waals surface area contributed by atoms with Gasteiger partial charge in [-0.3, -0.25) is 14.9 Å². The van der Waals surface area contributed by atoms with E-state index in [-0.39, 0.29) is 42.0 Å². The molecule has 0 saturated carbocycles. The molecule has 188 valence electrons. The number of benzene rings is 2. The van der Waals surface area contributed by atoms with Crippen LogP contribution in [0, 0.1) is 10.1 Å². The summed E-state index contributed by atoms with van der Waals surface area (Å²) in [7, 11) is 0. The number of amides is 1. The molecule has 2 unspecified atom stereocenters. The Hall–Kier alpha value is -2.86. The van der Waals surface area contributed by atoms with Gasteiger partial charge >= 0.3 is 11.7 Å². The third-order valence-corrected chi connectivity index (χ3v) is 7.09. The zero-order valence-corrected chi connectivity index (χ0v) is 20.7. The van der Waals surface area contributed by atoms with Crippen molar-refractivity contribution in [1.29, 1.82) is 0 Å². The molecule has 1 heterocycles. The zero-order valence-electron chi connectivity index (χ0n) is 19.1. The third kappa shape index (κ3) is 6.85. The summed E-state index contributed by atoms with van der Waals surface area (Å²) in [5.74, 6) is -1.73. The lowest BCUT2D eigenvalue weighted by molar-refractivity contribution is -0.387. The number of carbonyl (C=O) groups is 2. The maximum absolute atomic E-state index is 13.1. The highest BCUT2D eigenvalue weighted by Gasteiger charge is 2.32. The van der Waals surface area contributed by atoms with Crippen LogP contribution in [-0.2, 0) is 20.7 Å². The molecule has 2 aromatic carbocycles. The van der Waals surface area contributed by atoms with E-state index in [0.29, 0.717) is 24.7 Å². The summed E-state index contributed by atoms with van der Waals surface area (Å²) in [4.78, 5) is 39.4. The molecule has 0 bridgehead atoms. The van der Waals surface area contributed by atoms with Gasteiger partial charge in [0.1, 0.15) is 0 Å². The molecule has 2 aromatic rings. The Morgan fingerprint density at radius 1 is 1.26 bits per heavy atom. The molecule has 12 heteroatoms. The van der Waals surface area contributed by atoms with Crippen molar-refractivity contribution in [3.63, 3.8) is 0 Å². The second kappa shape index (κ2) is 12.2. The monoisotopic (exact) mass is 523 g/mol. The first-order valence-electron chi connectivity index (χ1n) is 11.0. The lowest BCUT2D eigenvalue weighted by Crippen LogP contribution is -2.53. The predicted octanol–water partition coefficient (Wildman–Crippen LogP) is 2.63. The molecule has 3 rings (SSSR count). The standard InChI is InChI=1S/C23H26ClN3O7S/c1-16-14-25(8-9-26(16)19-5-2-4-18(24)13-19)23(30)17-6-7-21(20(12-17)27(31)32)35(33)15-22(29)34-11-3-10-28/h2,4-7,12-13,16,28H,3,8-11,14-15H2,1H3. The van der Waals surface area contributed by atoms with Gasteiger partial charge in [-0.05, 0) is 31.2 Å². The third-order valence-electron chi connectivity index (χ3n) is 5.52. The predicted molar refractivity (Wildman–Crippen MR) is 131 cm³/mol. The molecule has 1 aliphatic heterocycles. The Labute approximate surface area is 210 Å². The molecule has 1 fully saturated rings. The number of aliphatic hydroxyl groups is 1. The first-order chi connectivity index (χ1) is 16.7. The van der Waals surface area contributed by atoms with Crippen LogP contribution in [0.3, 0.4) is 0 Å². The normalized spacial score (nSPS) is 16.6. The highest BCUT2D eigenvalue weighted by molar-refractivity contribution is 7.92. The highest BCUT2D eigenvalue weighted by Crippen LogP contribution is 2.28. The van der Waals surface area contributed by atoms with Crippen LogP contribution in [0.5, 0.6) is 0 Å². The van der Waals surface area contributed by atoms with Crippen molar-refractivity contribution in [2.24, 2.45) is 0 Å². The van der Waals surface area contributed by atoms with E-state index < -0.39 is 33.5 Å². The summed E-state index contributed by atoms with van der Waals surface area (Å²) >= 11 is 4.07. The number of rotatable bonds is 9. The second-order valence-corrected chi connectivity index (χ2v) is 9.86. The fourth-order valence-corrected chi connectivity index (χ4v) is 5.05. The van der Waals surface area contributed by atoms with Gasteiger partial charge in [0.05, 0.1) is 11.5 Å². The lowest BCUT2D eigenvalue weighted by atomic mass is 10.1. The second-order valence-electron chi connectivity index (χ2n) is 8.00. The SMILES string of the molecule is CC1CN(C(=O)c2ccc([S+]([O-])CC(=O)OCCCO)c([N+](=O)[O-])c2)CCN1c1cccc(Cl)c1. The fourth-order valence-electron chi connectivity index (χ4n) is 3.83. The number of nitrogens with zero attached hydrogens (tertiary/aromatic N) is 3. The minimum Gasteiger partial charge on any atom is -0.611 e. The van der Waals surface area contributed by atoms with Crippen LogP contribution < -0.4 is 4.90 Å². The van der Waals surface area contributed by atoms with Gasteiger partial charge < -0.3 is 24.2 Å². The van der Waals surface area contributed by atoms with E-state index in [1.165, 1.54) is 12.1 Å². The molecule has 1 amide bonds. The van der Waals surface area contributed by atoms with Crippen molar-refractivity contribution in [2.75, 3.05) is 43.5 Å². The zero-order chi connectivity index (χ0) is 25.5. The van der Waals surface area contributed by atoms with Gasteiger partial charge in [0.15, 0.2) is 0 Å². The number of piperazine rings is 1. The number of hydrogen-bond acceptors (Lipinski definition) is 8. The summed E-state index contributed by atoms with van der Waals surface area (Å²) < 4.78 is 17.4. The number of nitro benzene ring substituents is 1. The van der Waals surface area contributed by atoms with Gasteiger partial charge in [-0.15, -0.1) is 0 Å². The van der Waals surface area contributed by atoms with E-state index in [9.17, 15) is 24.3 Å². The molecule has 1 saturated heterocycles. The van der Waals surface area contributed by atoms with Crippen molar-refractivity contribution in [3.8, 4) is 0 Å². The van der Waals surface area contributed by atoms with Crippen LogP contribution in [0.2, 0.25) is 5.02 Å². The smallest absolute Gasteiger partial charge is 0.356 e. The molecule has 1 N–H and O–H groups in total. The molecule has 0 spiro atoms. The fraction of sp³-hybridized carbons (Fsp3) is 0.391. The number of carbonyl (C=O) groups excluding carboxylic acids is 2. The molecule has 10 nitrogen and oxygen atoms in total. The van der Waals surface area contributed by atoms with Gasteiger partial charge in [-0.2, -0.15) is 0 Å². The number of nitro groups is 1. The van der Waals surface area contributed by atoms with Crippen LogP contribution >= 0.6 is 11.6 Å².